The van der Waals surface area contributed by atoms with Crippen LogP contribution >= 0.6 is 0 Å². The summed E-state index contributed by atoms with van der Waals surface area (Å²) in [6.07, 6.45) is 2.36. The van der Waals surface area contributed by atoms with Crippen LogP contribution in [0.1, 0.15) is 23.3 Å². The van der Waals surface area contributed by atoms with Crippen molar-refractivity contribution in [3.8, 4) is 17.0 Å². The topological polar surface area (TPSA) is 67.6 Å². The van der Waals surface area contributed by atoms with E-state index in [2.05, 4.69) is 17.0 Å². The Kier molecular flexibility index (Phi) is 4.34. The zero-order valence-corrected chi connectivity index (χ0v) is 13.4. The fraction of sp³-hybridized carbons (Fsp3) is 0.412. The zero-order valence-electron chi connectivity index (χ0n) is 13.4. The van der Waals surface area contributed by atoms with Crippen LogP contribution in [0.4, 0.5) is 0 Å². The van der Waals surface area contributed by atoms with Crippen LogP contribution in [0, 0.1) is 0 Å². The van der Waals surface area contributed by atoms with Crippen LogP contribution in [0.15, 0.2) is 30.3 Å². The summed E-state index contributed by atoms with van der Waals surface area (Å²) in [5.74, 6) is -0.169. The summed E-state index contributed by atoms with van der Waals surface area (Å²) < 4.78 is 7.60. The van der Waals surface area contributed by atoms with Crippen molar-refractivity contribution in [2.75, 3.05) is 20.1 Å². The monoisotopic (exact) mass is 315 g/mol. The van der Waals surface area contributed by atoms with Crippen molar-refractivity contribution in [1.29, 1.82) is 0 Å². The van der Waals surface area contributed by atoms with Crippen molar-refractivity contribution in [2.24, 2.45) is 7.05 Å². The van der Waals surface area contributed by atoms with Gasteiger partial charge < -0.3 is 14.7 Å². The minimum absolute atomic E-state index is 0.0501. The number of hydrogen-bond donors (Lipinski definition) is 1. The highest BCUT2D eigenvalue weighted by Gasteiger charge is 2.18. The number of likely N-dealkylation sites (tertiary alicyclic amines) is 1. The maximum Gasteiger partial charge on any atom is 0.356 e. The highest BCUT2D eigenvalue weighted by Crippen LogP contribution is 2.24. The molecule has 0 spiro atoms. The molecule has 23 heavy (non-hydrogen) atoms. The molecule has 0 unspecified atom stereocenters. The third kappa shape index (κ3) is 3.53. The predicted octanol–water partition coefficient (Wildman–Crippen LogP) is 2.26. The van der Waals surface area contributed by atoms with Gasteiger partial charge in [-0.2, -0.15) is 5.10 Å². The van der Waals surface area contributed by atoms with E-state index in [9.17, 15) is 4.79 Å². The van der Waals surface area contributed by atoms with Crippen LogP contribution in [0.25, 0.3) is 11.3 Å². The van der Waals surface area contributed by atoms with Crippen LogP contribution in [0.2, 0.25) is 0 Å². The minimum Gasteiger partial charge on any atom is -0.490 e. The molecule has 1 aliphatic heterocycles. The first-order valence-electron chi connectivity index (χ1n) is 7.76. The molecule has 1 aliphatic rings. The molecule has 3 rings (SSSR count). The first-order valence-corrected chi connectivity index (χ1v) is 7.76. The van der Waals surface area contributed by atoms with Gasteiger partial charge in [0.05, 0.1) is 5.69 Å². The minimum atomic E-state index is -1.02. The Morgan fingerprint density at radius 2 is 1.87 bits per heavy atom. The summed E-state index contributed by atoms with van der Waals surface area (Å²) in [6.45, 7) is 2.13. The second kappa shape index (κ2) is 6.42. The lowest BCUT2D eigenvalue weighted by Crippen LogP contribution is -2.35. The van der Waals surface area contributed by atoms with Gasteiger partial charge in [0.25, 0.3) is 0 Å². The Bertz CT molecular complexity index is 686. The van der Waals surface area contributed by atoms with E-state index in [1.165, 1.54) is 0 Å². The number of nitrogens with zero attached hydrogens (tertiary/aromatic N) is 3. The van der Waals surface area contributed by atoms with Crippen molar-refractivity contribution in [1.82, 2.24) is 14.7 Å². The Labute approximate surface area is 135 Å². The van der Waals surface area contributed by atoms with Crippen LogP contribution in [0.3, 0.4) is 0 Å². The second-order valence-electron chi connectivity index (χ2n) is 5.99. The molecule has 0 saturated carbocycles. The molecule has 0 atom stereocenters. The summed E-state index contributed by atoms with van der Waals surface area (Å²) in [5, 5.41) is 13.0. The number of rotatable bonds is 4. The molecule has 1 fully saturated rings. The number of carbonyl (C=O) groups is 1. The molecular weight excluding hydrogens is 294 g/mol. The Morgan fingerprint density at radius 1 is 1.22 bits per heavy atom. The summed E-state index contributed by atoms with van der Waals surface area (Å²) in [6, 6.07) is 9.32. The molecule has 0 bridgehead atoms. The number of piperidine rings is 1. The number of ether oxygens (including phenoxy) is 1. The average molecular weight is 315 g/mol. The van der Waals surface area contributed by atoms with Gasteiger partial charge in [0.15, 0.2) is 5.69 Å². The number of aryl methyl sites for hydroxylation is 1. The lowest BCUT2D eigenvalue weighted by Gasteiger charge is -2.29. The molecule has 122 valence electrons. The van der Waals surface area contributed by atoms with Crippen molar-refractivity contribution in [2.45, 2.75) is 18.9 Å². The van der Waals surface area contributed by atoms with Gasteiger partial charge in [0, 0.05) is 25.7 Å². The maximum absolute atomic E-state index is 11.0. The number of aromatic carboxylic acids is 1. The average Bonchev–Trinajstić information content (AvgIpc) is 2.93. The van der Waals surface area contributed by atoms with E-state index >= 15 is 0 Å². The standard InChI is InChI=1S/C17H21N3O3/c1-19-9-7-14(8-10-19)23-13-5-3-12(4-6-13)16-11-15(17(21)22)18-20(16)2/h3-6,11,14H,7-10H2,1-2H3,(H,21,22). The van der Waals surface area contributed by atoms with Crippen LogP contribution in [-0.2, 0) is 7.05 Å². The maximum atomic E-state index is 11.0. The van der Waals surface area contributed by atoms with Gasteiger partial charge in [0.2, 0.25) is 0 Å². The molecule has 6 heteroatoms. The number of benzene rings is 1. The molecule has 1 aromatic carbocycles. The quantitative estimate of drug-likeness (QED) is 0.937. The Hall–Kier alpha value is -2.34. The molecule has 0 amide bonds. The Balaban J connectivity index is 1.71. The normalized spacial score (nSPS) is 16.4. The third-order valence-electron chi connectivity index (χ3n) is 4.22. The molecule has 6 nitrogen and oxygen atoms in total. The van der Waals surface area contributed by atoms with Gasteiger partial charge in [-0.05, 0) is 50.2 Å². The van der Waals surface area contributed by atoms with Gasteiger partial charge >= 0.3 is 5.97 Å². The van der Waals surface area contributed by atoms with Gasteiger partial charge in [-0.15, -0.1) is 0 Å². The third-order valence-corrected chi connectivity index (χ3v) is 4.22. The highest BCUT2D eigenvalue weighted by molar-refractivity contribution is 5.87. The molecule has 0 aliphatic carbocycles. The van der Waals surface area contributed by atoms with Crippen molar-refractivity contribution < 1.29 is 14.6 Å². The molecular formula is C17H21N3O3. The molecule has 0 radical (unpaired) electrons. The number of hydrogen-bond acceptors (Lipinski definition) is 4. The number of carboxylic acid groups (broad SMARTS) is 1. The molecule has 1 N–H and O–H groups in total. The van der Waals surface area contributed by atoms with E-state index in [0.29, 0.717) is 0 Å². The fourth-order valence-corrected chi connectivity index (χ4v) is 2.84. The summed E-state index contributed by atoms with van der Waals surface area (Å²) in [4.78, 5) is 13.3. The Morgan fingerprint density at radius 3 is 2.43 bits per heavy atom. The van der Waals surface area contributed by atoms with Crippen molar-refractivity contribution >= 4 is 5.97 Å². The van der Waals surface area contributed by atoms with Crippen molar-refractivity contribution in [3.05, 3.63) is 36.0 Å². The first-order chi connectivity index (χ1) is 11.0. The van der Waals surface area contributed by atoms with E-state index in [4.69, 9.17) is 9.84 Å². The van der Waals surface area contributed by atoms with E-state index in [1.807, 2.05) is 24.3 Å². The SMILES string of the molecule is CN1CCC(Oc2ccc(-c3cc(C(=O)O)nn3C)cc2)CC1. The van der Waals surface area contributed by atoms with Crippen LogP contribution in [-0.4, -0.2) is 52.0 Å². The lowest BCUT2D eigenvalue weighted by atomic mass is 10.1. The van der Waals surface area contributed by atoms with Crippen LogP contribution < -0.4 is 4.74 Å². The van der Waals surface area contributed by atoms with Crippen molar-refractivity contribution in [3.63, 3.8) is 0 Å². The van der Waals surface area contributed by atoms with E-state index < -0.39 is 5.97 Å². The van der Waals surface area contributed by atoms with E-state index in [-0.39, 0.29) is 11.8 Å². The number of aromatic nitrogens is 2. The first kappa shape index (κ1) is 15.6. The van der Waals surface area contributed by atoms with Gasteiger partial charge in [-0.1, -0.05) is 0 Å². The molecule has 2 aromatic rings. The molecule has 2 heterocycles. The summed E-state index contributed by atoms with van der Waals surface area (Å²) in [5.41, 5.74) is 1.74. The van der Waals surface area contributed by atoms with E-state index in [0.717, 1.165) is 42.9 Å². The largest absolute Gasteiger partial charge is 0.490 e. The molecule has 1 aromatic heterocycles. The summed E-state index contributed by atoms with van der Waals surface area (Å²) >= 11 is 0. The second-order valence-corrected chi connectivity index (χ2v) is 5.99. The van der Waals surface area contributed by atoms with Gasteiger partial charge in [-0.25, -0.2) is 4.79 Å². The summed E-state index contributed by atoms with van der Waals surface area (Å²) in [7, 11) is 3.87. The van der Waals surface area contributed by atoms with Gasteiger partial charge in [0.1, 0.15) is 11.9 Å². The van der Waals surface area contributed by atoms with E-state index in [1.54, 1.807) is 17.8 Å². The molecule has 1 saturated heterocycles. The lowest BCUT2D eigenvalue weighted by molar-refractivity contribution is 0.0689. The predicted molar refractivity (Wildman–Crippen MR) is 86.8 cm³/mol. The highest BCUT2D eigenvalue weighted by atomic mass is 16.5. The fourth-order valence-electron chi connectivity index (χ4n) is 2.84. The number of carboxylic acids is 1. The zero-order chi connectivity index (χ0) is 16.4. The van der Waals surface area contributed by atoms with Gasteiger partial charge in [-0.3, -0.25) is 4.68 Å². The smallest absolute Gasteiger partial charge is 0.356 e. The van der Waals surface area contributed by atoms with Crippen LogP contribution in [0.5, 0.6) is 5.75 Å².